The molecule has 0 atom stereocenters. The lowest BCUT2D eigenvalue weighted by Gasteiger charge is -2.19. The molecule has 0 bridgehead atoms. The molecule has 7 heteroatoms. The Hall–Kier alpha value is -3.58. The van der Waals surface area contributed by atoms with Crippen LogP contribution in [-0.4, -0.2) is 18.9 Å². The molecule has 0 aromatic heterocycles. The lowest BCUT2D eigenvalue weighted by Crippen LogP contribution is -2.24. The van der Waals surface area contributed by atoms with Crippen molar-refractivity contribution < 1.29 is 18.7 Å². The molecular weight excluding hydrogens is 415 g/mol. The summed E-state index contributed by atoms with van der Waals surface area (Å²) < 4.78 is 19.2. The smallest absolute Gasteiger partial charge is 0.262 e. The van der Waals surface area contributed by atoms with E-state index in [1.807, 2.05) is 24.3 Å². The van der Waals surface area contributed by atoms with Gasteiger partial charge in [-0.25, -0.2) is 4.39 Å². The van der Waals surface area contributed by atoms with Gasteiger partial charge in [-0.2, -0.15) is 0 Å². The summed E-state index contributed by atoms with van der Waals surface area (Å²) in [5, 5.41) is 5.65. The van der Waals surface area contributed by atoms with Crippen molar-refractivity contribution in [3.8, 4) is 5.75 Å². The Bertz CT molecular complexity index is 1190. The molecule has 0 fully saturated rings. The fourth-order valence-electron chi connectivity index (χ4n) is 3.16. The van der Waals surface area contributed by atoms with E-state index in [2.05, 4.69) is 10.6 Å². The molecule has 4 rings (SSSR count). The molecule has 1 aliphatic heterocycles. The average Bonchev–Trinajstić information content (AvgIpc) is 2.79. The molecule has 1 aliphatic rings. The molecule has 0 saturated carbocycles. The molecule has 156 valence electrons. The summed E-state index contributed by atoms with van der Waals surface area (Å²) in [6.45, 7) is 0.316. The first-order valence-electron chi connectivity index (χ1n) is 9.55. The quantitative estimate of drug-likeness (QED) is 0.564. The van der Waals surface area contributed by atoms with E-state index in [0.717, 1.165) is 10.5 Å². The Labute approximate surface area is 183 Å². The number of rotatable bonds is 5. The van der Waals surface area contributed by atoms with Gasteiger partial charge in [-0.05, 0) is 36.4 Å². The number of hydrogen-bond donors (Lipinski definition) is 2. The average molecular weight is 434 g/mol. The second-order valence-electron chi connectivity index (χ2n) is 6.79. The van der Waals surface area contributed by atoms with Crippen molar-refractivity contribution in [3.63, 3.8) is 0 Å². The second-order valence-corrected chi connectivity index (χ2v) is 7.88. The fourth-order valence-corrected chi connectivity index (χ4v) is 4.08. The molecule has 0 radical (unpaired) electrons. The molecule has 5 nitrogen and oxygen atoms in total. The van der Waals surface area contributed by atoms with Crippen LogP contribution in [0.3, 0.4) is 0 Å². The Kier molecular flexibility index (Phi) is 6.04. The molecule has 0 saturated heterocycles. The van der Waals surface area contributed by atoms with Gasteiger partial charge in [0, 0.05) is 28.1 Å². The molecule has 1 heterocycles. The van der Waals surface area contributed by atoms with Crippen LogP contribution in [-0.2, 0) is 11.3 Å². The van der Waals surface area contributed by atoms with Crippen molar-refractivity contribution in [2.75, 3.05) is 12.4 Å². The first-order chi connectivity index (χ1) is 15.0. The van der Waals surface area contributed by atoms with Crippen LogP contribution in [0.25, 0.3) is 6.08 Å². The number of hydrogen-bond acceptors (Lipinski definition) is 4. The molecule has 3 aromatic carbocycles. The van der Waals surface area contributed by atoms with Crippen molar-refractivity contribution in [1.29, 1.82) is 0 Å². The van der Waals surface area contributed by atoms with Gasteiger partial charge in [-0.1, -0.05) is 48.2 Å². The Morgan fingerprint density at radius 1 is 1.13 bits per heavy atom. The monoisotopic (exact) mass is 434 g/mol. The van der Waals surface area contributed by atoms with Crippen molar-refractivity contribution in [2.45, 2.75) is 11.4 Å². The van der Waals surface area contributed by atoms with E-state index in [4.69, 9.17) is 4.74 Å². The Morgan fingerprint density at radius 3 is 2.71 bits per heavy atom. The number of anilines is 1. The maximum atomic E-state index is 13.9. The van der Waals surface area contributed by atoms with Gasteiger partial charge < -0.3 is 15.4 Å². The van der Waals surface area contributed by atoms with E-state index >= 15 is 0 Å². The number of thioether (sulfide) groups is 1. The third kappa shape index (κ3) is 4.62. The van der Waals surface area contributed by atoms with Crippen LogP contribution < -0.4 is 15.4 Å². The van der Waals surface area contributed by atoms with Gasteiger partial charge in [0.1, 0.15) is 11.6 Å². The van der Waals surface area contributed by atoms with E-state index in [-0.39, 0.29) is 11.8 Å². The zero-order valence-corrected chi connectivity index (χ0v) is 17.5. The van der Waals surface area contributed by atoms with E-state index in [0.29, 0.717) is 34.0 Å². The molecule has 0 aliphatic carbocycles. The number of benzene rings is 3. The van der Waals surface area contributed by atoms with Crippen LogP contribution in [0.2, 0.25) is 0 Å². The number of methoxy groups -OCH3 is 1. The first-order valence-corrected chi connectivity index (χ1v) is 10.4. The van der Waals surface area contributed by atoms with Gasteiger partial charge in [0.25, 0.3) is 11.8 Å². The van der Waals surface area contributed by atoms with E-state index in [1.165, 1.54) is 23.9 Å². The van der Waals surface area contributed by atoms with Gasteiger partial charge >= 0.3 is 0 Å². The van der Waals surface area contributed by atoms with Crippen molar-refractivity contribution in [3.05, 3.63) is 94.1 Å². The minimum atomic E-state index is -0.392. The van der Waals surface area contributed by atoms with E-state index < -0.39 is 5.82 Å². The summed E-state index contributed by atoms with van der Waals surface area (Å²) in [6, 6.07) is 18.8. The van der Waals surface area contributed by atoms with Crippen molar-refractivity contribution >= 4 is 35.3 Å². The standard InChI is InChI=1S/C24H19FN2O3S/c1-30-20-9-5-3-7-17(20)14-26-23(28)16-10-11-21-19(12-16)27-24(29)22(31-21)13-15-6-2-4-8-18(15)25/h2-13H,14H2,1H3,(H,26,28)(H,27,29). The lowest BCUT2D eigenvalue weighted by molar-refractivity contribution is -0.112. The zero-order valence-electron chi connectivity index (χ0n) is 16.6. The molecule has 31 heavy (non-hydrogen) atoms. The minimum Gasteiger partial charge on any atom is -0.496 e. The summed E-state index contributed by atoms with van der Waals surface area (Å²) in [5.74, 6) is -0.296. The molecule has 2 amide bonds. The number of ether oxygens (including phenoxy) is 1. The largest absolute Gasteiger partial charge is 0.496 e. The van der Waals surface area contributed by atoms with Gasteiger partial charge in [0.2, 0.25) is 0 Å². The molecule has 2 N–H and O–H groups in total. The first kappa shape index (κ1) is 20.7. The predicted molar refractivity (Wildman–Crippen MR) is 119 cm³/mol. The van der Waals surface area contributed by atoms with Crippen molar-refractivity contribution in [2.24, 2.45) is 0 Å². The predicted octanol–water partition coefficient (Wildman–Crippen LogP) is 4.85. The number of para-hydroxylation sites is 1. The summed E-state index contributed by atoms with van der Waals surface area (Å²) in [5.41, 5.74) is 2.18. The van der Waals surface area contributed by atoms with Gasteiger partial charge in [-0.15, -0.1) is 0 Å². The Morgan fingerprint density at radius 2 is 1.90 bits per heavy atom. The topological polar surface area (TPSA) is 67.4 Å². The van der Waals surface area contributed by atoms with Crippen LogP contribution in [0.1, 0.15) is 21.5 Å². The maximum Gasteiger partial charge on any atom is 0.262 e. The van der Waals surface area contributed by atoms with Gasteiger partial charge in [0.15, 0.2) is 0 Å². The summed E-state index contributed by atoms with van der Waals surface area (Å²) in [4.78, 5) is 26.3. The summed E-state index contributed by atoms with van der Waals surface area (Å²) in [7, 11) is 1.58. The Balaban J connectivity index is 1.49. The number of halogens is 1. The van der Waals surface area contributed by atoms with Gasteiger partial charge in [0.05, 0.1) is 17.7 Å². The highest BCUT2D eigenvalue weighted by molar-refractivity contribution is 8.04. The molecule has 0 unspecified atom stereocenters. The van der Waals surface area contributed by atoms with Gasteiger partial charge in [-0.3, -0.25) is 9.59 Å². The molecule has 0 spiro atoms. The van der Waals surface area contributed by atoms with Crippen LogP contribution in [0.15, 0.2) is 76.5 Å². The van der Waals surface area contributed by atoms with Crippen LogP contribution in [0.4, 0.5) is 10.1 Å². The maximum absolute atomic E-state index is 13.9. The normalized spacial score (nSPS) is 14.0. The number of amides is 2. The van der Waals surface area contributed by atoms with E-state index in [1.54, 1.807) is 43.5 Å². The summed E-state index contributed by atoms with van der Waals surface area (Å²) >= 11 is 1.24. The summed E-state index contributed by atoms with van der Waals surface area (Å²) in [6.07, 6.45) is 1.52. The number of fused-ring (bicyclic) bond motifs is 1. The third-order valence-electron chi connectivity index (χ3n) is 4.76. The third-order valence-corrected chi connectivity index (χ3v) is 5.86. The van der Waals surface area contributed by atoms with Crippen LogP contribution in [0.5, 0.6) is 5.75 Å². The number of nitrogens with one attached hydrogen (secondary N) is 2. The molecular formula is C24H19FN2O3S. The highest BCUT2D eigenvalue weighted by atomic mass is 32.2. The van der Waals surface area contributed by atoms with Crippen LogP contribution in [0, 0.1) is 5.82 Å². The van der Waals surface area contributed by atoms with Crippen LogP contribution >= 0.6 is 11.8 Å². The second kappa shape index (κ2) is 9.06. The number of carbonyl (C=O) groups excluding carboxylic acids is 2. The van der Waals surface area contributed by atoms with E-state index in [9.17, 15) is 14.0 Å². The fraction of sp³-hybridized carbons (Fsp3) is 0.0833. The zero-order chi connectivity index (χ0) is 21.8. The van der Waals surface area contributed by atoms with Crippen molar-refractivity contribution in [1.82, 2.24) is 5.32 Å². The lowest BCUT2D eigenvalue weighted by atomic mass is 10.1. The minimum absolute atomic E-state index is 0.263. The molecule has 3 aromatic rings. The highest BCUT2D eigenvalue weighted by Crippen LogP contribution is 2.39. The highest BCUT2D eigenvalue weighted by Gasteiger charge is 2.22. The number of carbonyl (C=O) groups is 2. The SMILES string of the molecule is COc1ccccc1CNC(=O)c1ccc2c(c1)NC(=O)C(=Cc1ccccc1F)S2.